The summed E-state index contributed by atoms with van der Waals surface area (Å²) in [5.41, 5.74) is 0. The molecule has 0 bridgehead atoms. The van der Waals surface area contributed by atoms with Crippen LogP contribution >= 0.6 is 0 Å². The van der Waals surface area contributed by atoms with Crippen LogP contribution < -0.4 is 10.6 Å². The molecule has 1 heterocycles. The standard InChI is InChI=1S/C13H26N2O3/c1-9(2)12-11(5-4-6-18-12)7-14-13(17)15-10(3)8-16/h9-12,16H,4-8H2,1-3H3,(H2,14,15,17)/t10-,11?,12?/m0/s1. The highest BCUT2D eigenvalue weighted by molar-refractivity contribution is 5.74. The summed E-state index contributed by atoms with van der Waals surface area (Å²) >= 11 is 0. The third kappa shape index (κ3) is 4.82. The Balaban J connectivity index is 2.34. The number of hydrogen-bond acceptors (Lipinski definition) is 3. The van der Waals surface area contributed by atoms with Crippen LogP contribution in [0.4, 0.5) is 4.79 Å². The number of carbonyl (C=O) groups excluding carboxylic acids is 1. The van der Waals surface area contributed by atoms with Crippen LogP contribution in [0.1, 0.15) is 33.6 Å². The average molecular weight is 258 g/mol. The van der Waals surface area contributed by atoms with Gasteiger partial charge in [0.1, 0.15) is 0 Å². The Morgan fingerprint density at radius 3 is 2.78 bits per heavy atom. The van der Waals surface area contributed by atoms with Crippen LogP contribution in [0.15, 0.2) is 0 Å². The monoisotopic (exact) mass is 258 g/mol. The van der Waals surface area contributed by atoms with Crippen LogP contribution in [0.3, 0.4) is 0 Å². The van der Waals surface area contributed by atoms with Crippen molar-refractivity contribution in [2.75, 3.05) is 19.8 Å². The molecule has 5 nitrogen and oxygen atoms in total. The zero-order valence-corrected chi connectivity index (χ0v) is 11.6. The Labute approximate surface area is 109 Å². The summed E-state index contributed by atoms with van der Waals surface area (Å²) in [6, 6.07) is -0.432. The number of amides is 2. The maximum absolute atomic E-state index is 11.6. The number of aliphatic hydroxyl groups excluding tert-OH is 1. The summed E-state index contributed by atoms with van der Waals surface area (Å²) in [5, 5.41) is 14.4. The first-order chi connectivity index (χ1) is 8.54. The minimum atomic E-state index is -0.218. The zero-order valence-electron chi connectivity index (χ0n) is 11.6. The fourth-order valence-electron chi connectivity index (χ4n) is 2.36. The molecular formula is C13H26N2O3. The predicted molar refractivity (Wildman–Crippen MR) is 70.4 cm³/mol. The summed E-state index contributed by atoms with van der Waals surface area (Å²) in [6.45, 7) is 7.47. The van der Waals surface area contributed by atoms with Gasteiger partial charge in [-0.3, -0.25) is 0 Å². The molecule has 0 aromatic rings. The Kier molecular flexibility index (Phi) is 6.43. The molecule has 18 heavy (non-hydrogen) atoms. The van der Waals surface area contributed by atoms with E-state index in [2.05, 4.69) is 24.5 Å². The van der Waals surface area contributed by atoms with Gasteiger partial charge in [-0.1, -0.05) is 13.8 Å². The van der Waals surface area contributed by atoms with Gasteiger partial charge < -0.3 is 20.5 Å². The van der Waals surface area contributed by atoms with Crippen LogP contribution in [-0.4, -0.2) is 43.0 Å². The van der Waals surface area contributed by atoms with Crippen molar-refractivity contribution in [1.82, 2.24) is 10.6 Å². The minimum absolute atomic E-state index is 0.0470. The molecule has 1 rings (SSSR count). The molecule has 3 atom stereocenters. The number of rotatable bonds is 5. The number of hydrogen-bond donors (Lipinski definition) is 3. The van der Waals surface area contributed by atoms with Crippen molar-refractivity contribution in [3.8, 4) is 0 Å². The van der Waals surface area contributed by atoms with E-state index in [0.717, 1.165) is 19.4 Å². The third-order valence-corrected chi connectivity index (χ3v) is 3.33. The van der Waals surface area contributed by atoms with Crippen molar-refractivity contribution in [3.63, 3.8) is 0 Å². The van der Waals surface area contributed by atoms with Gasteiger partial charge in [0.05, 0.1) is 18.8 Å². The quantitative estimate of drug-likeness (QED) is 0.692. The highest BCUT2D eigenvalue weighted by Gasteiger charge is 2.28. The zero-order chi connectivity index (χ0) is 13.5. The molecule has 1 aliphatic rings. The maximum Gasteiger partial charge on any atom is 0.315 e. The second kappa shape index (κ2) is 7.59. The van der Waals surface area contributed by atoms with Gasteiger partial charge in [-0.15, -0.1) is 0 Å². The third-order valence-electron chi connectivity index (χ3n) is 3.33. The predicted octanol–water partition coefficient (Wildman–Crippen LogP) is 1.12. The summed E-state index contributed by atoms with van der Waals surface area (Å²) in [4.78, 5) is 11.6. The lowest BCUT2D eigenvalue weighted by molar-refractivity contribution is -0.0508. The van der Waals surface area contributed by atoms with E-state index < -0.39 is 0 Å². The van der Waals surface area contributed by atoms with E-state index >= 15 is 0 Å². The molecule has 0 aromatic carbocycles. The lowest BCUT2D eigenvalue weighted by Gasteiger charge is -2.34. The topological polar surface area (TPSA) is 70.6 Å². The maximum atomic E-state index is 11.6. The van der Waals surface area contributed by atoms with Crippen LogP contribution in [-0.2, 0) is 4.74 Å². The van der Waals surface area contributed by atoms with Gasteiger partial charge in [-0.25, -0.2) is 4.79 Å². The normalized spacial score (nSPS) is 25.8. The molecule has 106 valence electrons. The highest BCUT2D eigenvalue weighted by atomic mass is 16.5. The number of aliphatic hydroxyl groups is 1. The van der Waals surface area contributed by atoms with E-state index in [9.17, 15) is 4.79 Å². The van der Waals surface area contributed by atoms with E-state index in [1.807, 2.05) is 0 Å². The van der Waals surface area contributed by atoms with Crippen LogP contribution in [0.25, 0.3) is 0 Å². The molecule has 2 unspecified atom stereocenters. The van der Waals surface area contributed by atoms with E-state index in [-0.39, 0.29) is 24.8 Å². The van der Waals surface area contributed by atoms with Crippen molar-refractivity contribution in [2.45, 2.75) is 45.8 Å². The highest BCUT2D eigenvalue weighted by Crippen LogP contribution is 2.25. The first-order valence-electron chi connectivity index (χ1n) is 6.81. The van der Waals surface area contributed by atoms with Gasteiger partial charge in [-0.05, 0) is 25.7 Å². The van der Waals surface area contributed by atoms with Crippen LogP contribution in [0.2, 0.25) is 0 Å². The van der Waals surface area contributed by atoms with Gasteiger partial charge in [0, 0.05) is 19.1 Å². The molecule has 1 saturated heterocycles. The summed E-state index contributed by atoms with van der Waals surface area (Å²) in [5.74, 6) is 0.852. The number of nitrogens with one attached hydrogen (secondary N) is 2. The first-order valence-corrected chi connectivity index (χ1v) is 6.81. The molecule has 0 saturated carbocycles. The number of carbonyl (C=O) groups is 1. The molecule has 3 N–H and O–H groups in total. The lowest BCUT2D eigenvalue weighted by Crippen LogP contribution is -2.47. The van der Waals surface area contributed by atoms with Crippen molar-refractivity contribution in [2.24, 2.45) is 11.8 Å². The molecular weight excluding hydrogens is 232 g/mol. The van der Waals surface area contributed by atoms with E-state index in [0.29, 0.717) is 18.4 Å². The minimum Gasteiger partial charge on any atom is -0.394 e. The number of ether oxygens (including phenoxy) is 1. The average Bonchev–Trinajstić information content (AvgIpc) is 2.36. The van der Waals surface area contributed by atoms with E-state index in [4.69, 9.17) is 9.84 Å². The lowest BCUT2D eigenvalue weighted by atomic mass is 9.87. The Morgan fingerprint density at radius 2 is 2.17 bits per heavy atom. The Morgan fingerprint density at radius 1 is 1.44 bits per heavy atom. The SMILES string of the molecule is CC(C)C1OCCCC1CNC(=O)N[C@@H](C)CO. The van der Waals surface area contributed by atoms with Crippen molar-refractivity contribution in [3.05, 3.63) is 0 Å². The summed E-state index contributed by atoms with van der Waals surface area (Å²) in [7, 11) is 0. The molecule has 5 heteroatoms. The van der Waals surface area contributed by atoms with Gasteiger partial charge >= 0.3 is 6.03 Å². The van der Waals surface area contributed by atoms with Crippen molar-refractivity contribution >= 4 is 6.03 Å². The molecule has 1 aliphatic heterocycles. The molecule has 0 radical (unpaired) electrons. The smallest absolute Gasteiger partial charge is 0.315 e. The van der Waals surface area contributed by atoms with Gasteiger partial charge in [-0.2, -0.15) is 0 Å². The van der Waals surface area contributed by atoms with Crippen molar-refractivity contribution in [1.29, 1.82) is 0 Å². The second-order valence-electron chi connectivity index (χ2n) is 5.42. The fourth-order valence-corrected chi connectivity index (χ4v) is 2.36. The van der Waals surface area contributed by atoms with Crippen LogP contribution in [0.5, 0.6) is 0 Å². The Hall–Kier alpha value is -0.810. The van der Waals surface area contributed by atoms with Crippen LogP contribution in [0, 0.1) is 11.8 Å². The molecule has 0 aromatic heterocycles. The molecule has 1 fully saturated rings. The van der Waals surface area contributed by atoms with E-state index in [1.165, 1.54) is 0 Å². The first kappa shape index (κ1) is 15.2. The summed E-state index contributed by atoms with van der Waals surface area (Å²) < 4.78 is 5.77. The van der Waals surface area contributed by atoms with Gasteiger partial charge in [0.25, 0.3) is 0 Å². The van der Waals surface area contributed by atoms with Gasteiger partial charge in [0.2, 0.25) is 0 Å². The fraction of sp³-hybridized carbons (Fsp3) is 0.923. The summed E-state index contributed by atoms with van der Waals surface area (Å²) in [6.07, 6.45) is 2.39. The molecule has 0 spiro atoms. The largest absolute Gasteiger partial charge is 0.394 e. The molecule has 2 amide bonds. The van der Waals surface area contributed by atoms with Crippen molar-refractivity contribution < 1.29 is 14.6 Å². The number of urea groups is 1. The Bertz CT molecular complexity index is 259. The van der Waals surface area contributed by atoms with Gasteiger partial charge in [0.15, 0.2) is 0 Å². The molecule has 0 aliphatic carbocycles. The van der Waals surface area contributed by atoms with E-state index in [1.54, 1.807) is 6.92 Å². The second-order valence-corrected chi connectivity index (χ2v) is 5.42.